The maximum atomic E-state index is 5.07. The summed E-state index contributed by atoms with van der Waals surface area (Å²) < 4.78 is 5.07. The molecule has 54 valence electrons. The first-order chi connectivity index (χ1) is 4.84. The van der Waals surface area contributed by atoms with E-state index in [4.69, 9.17) is 4.42 Å². The van der Waals surface area contributed by atoms with E-state index >= 15 is 0 Å². The van der Waals surface area contributed by atoms with Gasteiger partial charge in [-0.1, -0.05) is 13.0 Å². The Hall–Kier alpha value is -1.05. The van der Waals surface area contributed by atoms with Gasteiger partial charge in [0.05, 0.1) is 6.20 Å². The summed E-state index contributed by atoms with van der Waals surface area (Å²) in [5, 5.41) is 0. The minimum Gasteiger partial charge on any atom is -0.445 e. The Morgan fingerprint density at radius 1 is 1.80 bits per heavy atom. The Morgan fingerprint density at radius 3 is 3.10 bits per heavy atom. The molecule has 0 atom stereocenters. The number of hydrogen-bond acceptors (Lipinski definition) is 2. The van der Waals surface area contributed by atoms with E-state index in [9.17, 15) is 0 Å². The Bertz CT molecular complexity index is 211. The summed E-state index contributed by atoms with van der Waals surface area (Å²) in [7, 11) is 0. The van der Waals surface area contributed by atoms with Crippen LogP contribution in [0.25, 0.3) is 5.57 Å². The van der Waals surface area contributed by atoms with E-state index in [0.717, 1.165) is 17.9 Å². The molecular formula is C8H11NO. The van der Waals surface area contributed by atoms with E-state index < -0.39 is 0 Å². The second kappa shape index (κ2) is 3.20. The van der Waals surface area contributed by atoms with E-state index in [1.807, 2.05) is 6.92 Å². The highest BCUT2D eigenvalue weighted by Gasteiger charge is 1.96. The molecule has 10 heavy (non-hydrogen) atoms. The number of hydrogen-bond donors (Lipinski definition) is 0. The van der Waals surface area contributed by atoms with Crippen molar-refractivity contribution in [1.29, 1.82) is 0 Å². The molecule has 0 radical (unpaired) electrons. The average Bonchev–Trinajstić information content (AvgIpc) is 2.38. The molecule has 0 aliphatic heterocycles. The fraction of sp³-hybridized carbons (Fsp3) is 0.375. The van der Waals surface area contributed by atoms with Gasteiger partial charge in [-0.15, -0.1) is 0 Å². The molecule has 1 rings (SSSR count). The Kier molecular flexibility index (Phi) is 2.26. The minimum absolute atomic E-state index is 0.724. The molecule has 0 fully saturated rings. The second-order valence-electron chi connectivity index (χ2n) is 2.13. The van der Waals surface area contributed by atoms with E-state index in [0.29, 0.717) is 0 Å². The van der Waals surface area contributed by atoms with Gasteiger partial charge in [-0.05, 0) is 13.3 Å². The lowest BCUT2D eigenvalue weighted by atomic mass is 10.2. The molecule has 1 aromatic heterocycles. The maximum Gasteiger partial charge on any atom is 0.221 e. The fourth-order valence-electron chi connectivity index (χ4n) is 0.812. The summed E-state index contributed by atoms with van der Waals surface area (Å²) >= 11 is 0. The third-order valence-electron chi connectivity index (χ3n) is 1.28. The van der Waals surface area contributed by atoms with Gasteiger partial charge in [-0.2, -0.15) is 0 Å². The van der Waals surface area contributed by atoms with Crippen LogP contribution in [0.1, 0.15) is 26.2 Å². The lowest BCUT2D eigenvalue weighted by Crippen LogP contribution is -1.76. The number of oxazole rings is 1. The van der Waals surface area contributed by atoms with Crippen LogP contribution in [0.4, 0.5) is 0 Å². The van der Waals surface area contributed by atoms with E-state index in [1.54, 1.807) is 12.5 Å². The predicted octanol–water partition coefficient (Wildman–Crippen LogP) is 2.49. The molecule has 0 saturated carbocycles. The van der Waals surface area contributed by atoms with Gasteiger partial charge in [-0.25, -0.2) is 4.98 Å². The van der Waals surface area contributed by atoms with Crippen molar-refractivity contribution in [3.8, 4) is 0 Å². The number of rotatable bonds is 2. The molecule has 1 aromatic rings. The van der Waals surface area contributed by atoms with E-state index in [-0.39, 0.29) is 0 Å². The van der Waals surface area contributed by atoms with E-state index in [2.05, 4.69) is 18.0 Å². The number of aromatic nitrogens is 1. The van der Waals surface area contributed by atoms with Crippen LogP contribution < -0.4 is 0 Å². The molecule has 0 aliphatic carbocycles. The summed E-state index contributed by atoms with van der Waals surface area (Å²) in [6.07, 6.45) is 6.35. The van der Waals surface area contributed by atoms with Gasteiger partial charge in [0.25, 0.3) is 0 Å². The number of allylic oxidation sites excluding steroid dienone is 2. The van der Waals surface area contributed by atoms with Crippen molar-refractivity contribution < 1.29 is 4.42 Å². The third kappa shape index (κ3) is 1.47. The van der Waals surface area contributed by atoms with Crippen molar-refractivity contribution >= 4 is 5.57 Å². The standard InChI is InChI=1S/C8H11NO/c1-3-4-7(2)8-9-5-6-10-8/h4-6H,3H2,1-2H3. The van der Waals surface area contributed by atoms with Crippen molar-refractivity contribution in [1.82, 2.24) is 4.98 Å². The largest absolute Gasteiger partial charge is 0.445 e. The predicted molar refractivity (Wildman–Crippen MR) is 40.4 cm³/mol. The molecule has 0 bridgehead atoms. The summed E-state index contributed by atoms with van der Waals surface area (Å²) in [4.78, 5) is 4.00. The van der Waals surface area contributed by atoms with Crippen molar-refractivity contribution in [2.45, 2.75) is 20.3 Å². The van der Waals surface area contributed by atoms with Crippen molar-refractivity contribution in [3.63, 3.8) is 0 Å². The quantitative estimate of drug-likeness (QED) is 0.625. The SMILES string of the molecule is CCC=C(C)c1ncco1. The molecular weight excluding hydrogens is 126 g/mol. The highest BCUT2D eigenvalue weighted by Crippen LogP contribution is 2.10. The zero-order chi connectivity index (χ0) is 7.40. The van der Waals surface area contributed by atoms with Crippen molar-refractivity contribution in [3.05, 3.63) is 24.4 Å². The average molecular weight is 137 g/mol. The first kappa shape index (κ1) is 7.06. The molecule has 0 amide bonds. The monoisotopic (exact) mass is 137 g/mol. The Balaban J connectivity index is 2.77. The molecule has 2 nitrogen and oxygen atoms in total. The highest BCUT2D eigenvalue weighted by atomic mass is 16.3. The molecule has 1 heterocycles. The zero-order valence-electron chi connectivity index (χ0n) is 6.29. The van der Waals surface area contributed by atoms with Crippen molar-refractivity contribution in [2.24, 2.45) is 0 Å². The maximum absolute atomic E-state index is 5.07. The van der Waals surface area contributed by atoms with Gasteiger partial charge < -0.3 is 4.42 Å². The van der Waals surface area contributed by atoms with Crippen LogP contribution in [-0.4, -0.2) is 4.98 Å². The Labute approximate surface area is 60.6 Å². The van der Waals surface area contributed by atoms with Crippen LogP contribution in [0.3, 0.4) is 0 Å². The normalized spacial score (nSPS) is 12.0. The molecule has 0 spiro atoms. The van der Waals surface area contributed by atoms with Crippen LogP contribution in [0, 0.1) is 0 Å². The summed E-state index contributed by atoms with van der Waals surface area (Å²) in [5.74, 6) is 0.724. The van der Waals surface area contributed by atoms with Crippen molar-refractivity contribution in [2.75, 3.05) is 0 Å². The van der Waals surface area contributed by atoms with Crippen LogP contribution in [-0.2, 0) is 0 Å². The molecule has 0 saturated heterocycles. The van der Waals surface area contributed by atoms with Gasteiger partial charge in [0, 0.05) is 5.57 Å². The van der Waals surface area contributed by atoms with Crippen LogP contribution in [0.2, 0.25) is 0 Å². The lowest BCUT2D eigenvalue weighted by molar-refractivity contribution is 0.541. The smallest absolute Gasteiger partial charge is 0.221 e. The first-order valence-corrected chi connectivity index (χ1v) is 3.41. The van der Waals surface area contributed by atoms with E-state index in [1.165, 1.54) is 0 Å². The van der Waals surface area contributed by atoms with Crippen LogP contribution >= 0.6 is 0 Å². The second-order valence-corrected chi connectivity index (χ2v) is 2.13. The van der Waals surface area contributed by atoms with Gasteiger partial charge >= 0.3 is 0 Å². The van der Waals surface area contributed by atoms with Gasteiger partial charge in [0.1, 0.15) is 6.26 Å². The molecule has 0 aromatic carbocycles. The topological polar surface area (TPSA) is 26.0 Å². The summed E-state index contributed by atoms with van der Waals surface area (Å²) in [6, 6.07) is 0. The summed E-state index contributed by atoms with van der Waals surface area (Å²) in [5.41, 5.74) is 1.10. The minimum atomic E-state index is 0.724. The van der Waals surface area contributed by atoms with Crippen LogP contribution in [0.15, 0.2) is 23.0 Å². The Morgan fingerprint density at radius 2 is 2.60 bits per heavy atom. The van der Waals surface area contributed by atoms with Crippen LogP contribution in [0.5, 0.6) is 0 Å². The van der Waals surface area contributed by atoms with Gasteiger partial charge in [0.2, 0.25) is 5.89 Å². The summed E-state index contributed by atoms with van der Waals surface area (Å²) in [6.45, 7) is 4.09. The fourth-order valence-corrected chi connectivity index (χ4v) is 0.812. The van der Waals surface area contributed by atoms with Gasteiger partial charge in [0.15, 0.2) is 0 Å². The first-order valence-electron chi connectivity index (χ1n) is 3.41. The molecule has 0 N–H and O–H groups in total. The zero-order valence-corrected chi connectivity index (χ0v) is 6.29. The molecule has 0 unspecified atom stereocenters. The lowest BCUT2D eigenvalue weighted by Gasteiger charge is -1.90. The molecule has 2 heteroatoms. The third-order valence-corrected chi connectivity index (χ3v) is 1.28. The number of nitrogens with zero attached hydrogens (tertiary/aromatic N) is 1. The highest BCUT2D eigenvalue weighted by molar-refractivity contribution is 5.55. The van der Waals surface area contributed by atoms with Gasteiger partial charge in [-0.3, -0.25) is 0 Å². The molecule has 0 aliphatic rings.